The lowest BCUT2D eigenvalue weighted by atomic mass is 9.96. The van der Waals surface area contributed by atoms with Crippen LogP contribution in [0, 0.1) is 5.41 Å². The summed E-state index contributed by atoms with van der Waals surface area (Å²) in [4.78, 5) is 0. The van der Waals surface area contributed by atoms with Gasteiger partial charge in [-0.2, -0.15) is 0 Å². The fraction of sp³-hybridized carbons (Fsp3) is 0.818. The Balaban J connectivity index is 2.73. The summed E-state index contributed by atoms with van der Waals surface area (Å²) >= 11 is 0. The third kappa shape index (κ3) is 2.16. The molecule has 0 saturated carbocycles. The number of aliphatic hydroxyl groups is 1. The largest absolute Gasteiger partial charge is 0.366 e. The minimum atomic E-state index is -0.871. The van der Waals surface area contributed by atoms with Crippen molar-refractivity contribution in [3.8, 4) is 0 Å². The van der Waals surface area contributed by atoms with Crippen LogP contribution >= 0.6 is 0 Å². The van der Waals surface area contributed by atoms with Gasteiger partial charge in [0.15, 0.2) is 12.6 Å². The predicted octanol–water partition coefficient (Wildman–Crippen LogP) is 2.06. The van der Waals surface area contributed by atoms with Crippen LogP contribution in [-0.4, -0.2) is 23.3 Å². The molecule has 0 aromatic rings. The van der Waals surface area contributed by atoms with E-state index in [1.54, 1.807) is 6.08 Å². The minimum absolute atomic E-state index is 0.125. The molecule has 0 bridgehead atoms. The predicted molar refractivity (Wildman–Crippen MR) is 54.6 cm³/mol. The normalized spacial score (nSPS) is 38.6. The zero-order valence-corrected chi connectivity index (χ0v) is 9.41. The molecule has 14 heavy (non-hydrogen) atoms. The molecule has 0 amide bonds. The van der Waals surface area contributed by atoms with E-state index in [0.717, 1.165) is 0 Å². The van der Waals surface area contributed by atoms with Gasteiger partial charge in [0.05, 0.1) is 0 Å². The smallest absolute Gasteiger partial charge is 0.187 e. The summed E-state index contributed by atoms with van der Waals surface area (Å²) in [6.07, 6.45) is 1.09. The van der Waals surface area contributed by atoms with Crippen LogP contribution in [0.15, 0.2) is 12.7 Å². The zero-order chi connectivity index (χ0) is 11.0. The number of hydrogen-bond donors (Lipinski definition) is 1. The maximum atomic E-state index is 9.72. The molecular formula is C11H20O3. The van der Waals surface area contributed by atoms with Gasteiger partial charge in [-0.1, -0.05) is 26.8 Å². The summed E-state index contributed by atoms with van der Waals surface area (Å²) in [7, 11) is 0. The van der Waals surface area contributed by atoms with Crippen molar-refractivity contribution in [3.05, 3.63) is 12.7 Å². The third-order valence-electron chi connectivity index (χ3n) is 2.41. The van der Waals surface area contributed by atoms with E-state index in [0.29, 0.717) is 6.42 Å². The lowest BCUT2D eigenvalue weighted by molar-refractivity contribution is -0.160. The molecule has 0 spiro atoms. The van der Waals surface area contributed by atoms with Crippen LogP contribution in [-0.2, 0) is 9.47 Å². The summed E-state index contributed by atoms with van der Waals surface area (Å²) in [6.45, 7) is 11.5. The average Bonchev–Trinajstić information content (AvgIpc) is 2.28. The van der Waals surface area contributed by atoms with Crippen molar-refractivity contribution in [2.75, 3.05) is 0 Å². The Bertz CT molecular complexity index is 219. The number of aliphatic hydroxyl groups excluding tert-OH is 1. The highest BCUT2D eigenvalue weighted by atomic mass is 16.8. The second kappa shape index (κ2) is 3.65. The first-order chi connectivity index (χ1) is 6.29. The molecule has 0 radical (unpaired) electrons. The van der Waals surface area contributed by atoms with Crippen molar-refractivity contribution < 1.29 is 14.6 Å². The molecule has 1 unspecified atom stereocenters. The molecule has 82 valence electrons. The van der Waals surface area contributed by atoms with Crippen LogP contribution in [0.5, 0.6) is 0 Å². The Morgan fingerprint density at radius 1 is 1.50 bits per heavy atom. The van der Waals surface area contributed by atoms with Gasteiger partial charge in [0, 0.05) is 5.41 Å². The summed E-state index contributed by atoms with van der Waals surface area (Å²) in [5.74, 6) is 0. The molecule has 0 aliphatic carbocycles. The van der Waals surface area contributed by atoms with Gasteiger partial charge in [-0.05, 0) is 13.3 Å². The van der Waals surface area contributed by atoms with E-state index in [4.69, 9.17) is 9.47 Å². The van der Waals surface area contributed by atoms with Crippen molar-refractivity contribution in [1.82, 2.24) is 0 Å². The molecule has 0 aromatic heterocycles. The molecule has 0 aromatic carbocycles. The second-order valence-electron chi connectivity index (χ2n) is 5.11. The summed E-state index contributed by atoms with van der Waals surface area (Å²) in [5.41, 5.74) is -0.778. The summed E-state index contributed by atoms with van der Waals surface area (Å²) < 4.78 is 11.1. The molecule has 3 atom stereocenters. The van der Waals surface area contributed by atoms with Gasteiger partial charge in [-0.15, -0.1) is 6.58 Å². The van der Waals surface area contributed by atoms with Gasteiger partial charge in [-0.3, -0.25) is 0 Å². The molecule has 1 saturated heterocycles. The van der Waals surface area contributed by atoms with Crippen molar-refractivity contribution >= 4 is 0 Å². The molecular weight excluding hydrogens is 180 g/mol. The Kier molecular flexibility index (Phi) is 3.04. The van der Waals surface area contributed by atoms with Gasteiger partial charge in [-0.25, -0.2) is 0 Å². The maximum absolute atomic E-state index is 9.72. The quantitative estimate of drug-likeness (QED) is 0.693. The number of hydrogen-bond acceptors (Lipinski definition) is 3. The van der Waals surface area contributed by atoms with Crippen LogP contribution in [0.4, 0.5) is 0 Å². The van der Waals surface area contributed by atoms with E-state index in [1.165, 1.54) is 0 Å². The fourth-order valence-electron chi connectivity index (χ4n) is 1.41. The highest BCUT2D eigenvalue weighted by molar-refractivity contribution is 4.92. The second-order valence-corrected chi connectivity index (χ2v) is 5.11. The molecule has 3 heteroatoms. The highest BCUT2D eigenvalue weighted by Gasteiger charge is 2.48. The third-order valence-corrected chi connectivity index (χ3v) is 2.41. The van der Waals surface area contributed by atoms with E-state index in [-0.39, 0.29) is 11.7 Å². The van der Waals surface area contributed by atoms with E-state index < -0.39 is 11.9 Å². The van der Waals surface area contributed by atoms with Gasteiger partial charge >= 0.3 is 0 Å². The Labute approximate surface area is 85.7 Å². The first-order valence-electron chi connectivity index (χ1n) is 4.92. The van der Waals surface area contributed by atoms with Crippen LogP contribution < -0.4 is 0 Å². The monoisotopic (exact) mass is 200 g/mol. The Hall–Kier alpha value is -0.380. The lowest BCUT2D eigenvalue weighted by Crippen LogP contribution is -2.36. The lowest BCUT2D eigenvalue weighted by Gasteiger charge is -2.27. The average molecular weight is 200 g/mol. The Morgan fingerprint density at radius 2 is 2.07 bits per heavy atom. The van der Waals surface area contributed by atoms with Gasteiger partial charge in [0.2, 0.25) is 0 Å². The summed E-state index contributed by atoms with van der Waals surface area (Å²) in [6, 6.07) is 0. The first-order valence-corrected chi connectivity index (χ1v) is 4.92. The van der Waals surface area contributed by atoms with Gasteiger partial charge in [0.25, 0.3) is 0 Å². The van der Waals surface area contributed by atoms with E-state index in [2.05, 4.69) is 6.58 Å². The number of rotatable bonds is 2. The molecule has 1 rings (SSSR count). The summed E-state index contributed by atoms with van der Waals surface area (Å²) in [5, 5.41) is 9.72. The van der Waals surface area contributed by atoms with Crippen LogP contribution in [0.1, 0.15) is 34.1 Å². The molecule has 1 heterocycles. The first kappa shape index (κ1) is 11.7. The van der Waals surface area contributed by atoms with Crippen molar-refractivity contribution in [2.24, 2.45) is 5.41 Å². The van der Waals surface area contributed by atoms with Crippen molar-refractivity contribution in [1.29, 1.82) is 0 Å². The number of ether oxygens (including phenoxy) is 2. The van der Waals surface area contributed by atoms with Crippen LogP contribution in [0.25, 0.3) is 0 Å². The molecule has 3 nitrogen and oxygen atoms in total. The minimum Gasteiger partial charge on any atom is -0.366 e. The SMILES string of the molecule is C=CC[C@@]1(C)O[C@H](C(C)(C)C)OC1O. The molecule has 1 aliphatic heterocycles. The molecule has 1 N–H and O–H groups in total. The maximum Gasteiger partial charge on any atom is 0.187 e. The highest BCUT2D eigenvalue weighted by Crippen LogP contribution is 2.38. The van der Waals surface area contributed by atoms with Gasteiger partial charge in [0.1, 0.15) is 5.60 Å². The standard InChI is InChI=1S/C11H20O3/c1-6-7-11(5)8(12)13-9(14-11)10(2,3)4/h6,8-9,12H,1,7H2,2-5H3/t8?,9-,11-/m1/s1. The van der Waals surface area contributed by atoms with E-state index in [9.17, 15) is 5.11 Å². The van der Waals surface area contributed by atoms with E-state index >= 15 is 0 Å². The van der Waals surface area contributed by atoms with Crippen molar-refractivity contribution in [2.45, 2.75) is 52.3 Å². The zero-order valence-electron chi connectivity index (χ0n) is 9.41. The van der Waals surface area contributed by atoms with E-state index in [1.807, 2.05) is 27.7 Å². The molecule has 1 fully saturated rings. The fourth-order valence-corrected chi connectivity index (χ4v) is 1.41. The van der Waals surface area contributed by atoms with Gasteiger partial charge < -0.3 is 14.6 Å². The van der Waals surface area contributed by atoms with Crippen LogP contribution in [0.3, 0.4) is 0 Å². The van der Waals surface area contributed by atoms with Crippen molar-refractivity contribution in [3.63, 3.8) is 0 Å². The topological polar surface area (TPSA) is 38.7 Å². The Morgan fingerprint density at radius 3 is 2.43 bits per heavy atom. The molecule has 1 aliphatic rings. The van der Waals surface area contributed by atoms with Crippen LogP contribution in [0.2, 0.25) is 0 Å².